The van der Waals surface area contributed by atoms with E-state index in [1.165, 1.54) is 49.0 Å². The number of nitrogens with two attached hydrogens (primary N) is 1. The zero-order chi connectivity index (χ0) is 13.6. The van der Waals surface area contributed by atoms with Crippen LogP contribution in [-0.2, 0) is 6.42 Å². The van der Waals surface area contributed by atoms with Crippen LogP contribution in [0.3, 0.4) is 0 Å². The third-order valence-corrected chi connectivity index (χ3v) is 5.36. The minimum Gasteiger partial charge on any atom is -0.323 e. The van der Waals surface area contributed by atoms with Gasteiger partial charge in [0.1, 0.15) is 0 Å². The third-order valence-electron chi connectivity index (χ3n) is 5.36. The summed E-state index contributed by atoms with van der Waals surface area (Å²) in [7, 11) is 0. The van der Waals surface area contributed by atoms with Crippen LogP contribution in [0, 0.1) is 12.3 Å². The Balaban J connectivity index is 1.82. The minimum atomic E-state index is 0.247. The molecule has 19 heavy (non-hydrogen) atoms. The number of piperidine rings is 1. The molecule has 0 bridgehead atoms. The van der Waals surface area contributed by atoms with Gasteiger partial charge in [-0.2, -0.15) is 0 Å². The first-order valence-electron chi connectivity index (χ1n) is 7.61. The van der Waals surface area contributed by atoms with Crippen LogP contribution >= 0.6 is 0 Å². The van der Waals surface area contributed by atoms with Crippen molar-refractivity contribution < 1.29 is 0 Å². The SMILES string of the molecule is Cc1ccc2c(c1)[C@H](N)C1(CCN(C(C)C)CC1)C2. The lowest BCUT2D eigenvalue weighted by atomic mass is 9.73. The molecule has 1 aromatic rings. The average molecular weight is 258 g/mol. The molecule has 1 fully saturated rings. The van der Waals surface area contributed by atoms with Gasteiger partial charge in [-0.1, -0.05) is 23.8 Å². The Bertz CT molecular complexity index is 470. The van der Waals surface area contributed by atoms with Gasteiger partial charge in [0.15, 0.2) is 0 Å². The molecule has 2 nitrogen and oxygen atoms in total. The number of hydrogen-bond acceptors (Lipinski definition) is 2. The summed E-state index contributed by atoms with van der Waals surface area (Å²) in [5, 5.41) is 0. The van der Waals surface area contributed by atoms with Crippen LogP contribution in [0.5, 0.6) is 0 Å². The van der Waals surface area contributed by atoms with Crippen LogP contribution < -0.4 is 5.73 Å². The number of fused-ring (bicyclic) bond motifs is 1. The first-order valence-corrected chi connectivity index (χ1v) is 7.61. The molecule has 1 atom stereocenters. The predicted molar refractivity (Wildman–Crippen MR) is 80.2 cm³/mol. The molecule has 2 aliphatic rings. The van der Waals surface area contributed by atoms with Crippen molar-refractivity contribution in [3.8, 4) is 0 Å². The summed E-state index contributed by atoms with van der Waals surface area (Å²) >= 11 is 0. The van der Waals surface area contributed by atoms with Crippen molar-refractivity contribution in [3.63, 3.8) is 0 Å². The predicted octanol–water partition coefficient (Wildman–Crippen LogP) is 3.04. The van der Waals surface area contributed by atoms with E-state index >= 15 is 0 Å². The fraction of sp³-hybridized carbons (Fsp3) is 0.647. The van der Waals surface area contributed by atoms with Crippen molar-refractivity contribution in [2.24, 2.45) is 11.1 Å². The van der Waals surface area contributed by atoms with Gasteiger partial charge in [-0.05, 0) is 69.7 Å². The second-order valence-corrected chi connectivity index (χ2v) is 6.85. The molecule has 2 heteroatoms. The van der Waals surface area contributed by atoms with Crippen molar-refractivity contribution in [2.45, 2.75) is 52.1 Å². The van der Waals surface area contributed by atoms with E-state index in [9.17, 15) is 0 Å². The van der Waals surface area contributed by atoms with E-state index in [0.29, 0.717) is 11.5 Å². The number of likely N-dealkylation sites (tertiary alicyclic amines) is 1. The van der Waals surface area contributed by atoms with Gasteiger partial charge in [0.25, 0.3) is 0 Å². The largest absolute Gasteiger partial charge is 0.323 e. The first kappa shape index (κ1) is 13.1. The topological polar surface area (TPSA) is 29.3 Å². The van der Waals surface area contributed by atoms with Crippen molar-refractivity contribution in [3.05, 3.63) is 34.9 Å². The molecule has 1 aromatic carbocycles. The average Bonchev–Trinajstić information content (AvgIpc) is 2.64. The van der Waals surface area contributed by atoms with Crippen LogP contribution in [-0.4, -0.2) is 24.0 Å². The molecule has 1 heterocycles. The Morgan fingerprint density at radius 2 is 1.95 bits per heavy atom. The maximum absolute atomic E-state index is 6.63. The summed E-state index contributed by atoms with van der Waals surface area (Å²) in [6.45, 7) is 9.17. The number of hydrogen-bond donors (Lipinski definition) is 1. The molecule has 2 N–H and O–H groups in total. The summed E-state index contributed by atoms with van der Waals surface area (Å²) in [6, 6.07) is 7.75. The van der Waals surface area contributed by atoms with E-state index in [1.807, 2.05) is 0 Å². The highest BCUT2D eigenvalue weighted by Crippen LogP contribution is 2.50. The lowest BCUT2D eigenvalue weighted by molar-refractivity contribution is 0.0710. The number of benzene rings is 1. The van der Waals surface area contributed by atoms with Gasteiger partial charge in [-0.3, -0.25) is 0 Å². The Labute approximate surface area is 117 Å². The fourth-order valence-corrected chi connectivity index (χ4v) is 3.96. The summed E-state index contributed by atoms with van der Waals surface area (Å²) in [4.78, 5) is 2.59. The van der Waals surface area contributed by atoms with Crippen molar-refractivity contribution in [1.82, 2.24) is 4.90 Å². The fourth-order valence-electron chi connectivity index (χ4n) is 3.96. The summed E-state index contributed by atoms with van der Waals surface area (Å²) in [5.74, 6) is 0. The lowest BCUT2D eigenvalue weighted by Crippen LogP contribution is -2.46. The Kier molecular flexibility index (Phi) is 3.18. The van der Waals surface area contributed by atoms with Gasteiger partial charge in [-0.25, -0.2) is 0 Å². The van der Waals surface area contributed by atoms with E-state index in [-0.39, 0.29) is 6.04 Å². The molecular weight excluding hydrogens is 232 g/mol. The van der Waals surface area contributed by atoms with E-state index in [1.54, 1.807) is 0 Å². The van der Waals surface area contributed by atoms with Crippen molar-refractivity contribution >= 4 is 0 Å². The van der Waals surface area contributed by atoms with Gasteiger partial charge >= 0.3 is 0 Å². The third kappa shape index (κ3) is 2.11. The number of nitrogens with zero attached hydrogens (tertiary/aromatic N) is 1. The van der Waals surface area contributed by atoms with Crippen molar-refractivity contribution in [2.75, 3.05) is 13.1 Å². The van der Waals surface area contributed by atoms with Crippen molar-refractivity contribution in [1.29, 1.82) is 0 Å². The zero-order valence-corrected chi connectivity index (χ0v) is 12.4. The Morgan fingerprint density at radius 1 is 1.26 bits per heavy atom. The molecule has 1 spiro atoms. The van der Waals surface area contributed by atoms with Gasteiger partial charge in [0.2, 0.25) is 0 Å². The molecule has 104 valence electrons. The van der Waals surface area contributed by atoms with Crippen LogP contribution in [0.15, 0.2) is 18.2 Å². The summed E-state index contributed by atoms with van der Waals surface area (Å²) in [6.07, 6.45) is 3.69. The van der Waals surface area contributed by atoms with Crippen LogP contribution in [0.4, 0.5) is 0 Å². The molecule has 1 saturated heterocycles. The van der Waals surface area contributed by atoms with E-state index in [4.69, 9.17) is 5.73 Å². The smallest absolute Gasteiger partial charge is 0.0359 e. The second-order valence-electron chi connectivity index (χ2n) is 6.85. The van der Waals surface area contributed by atoms with E-state index < -0.39 is 0 Å². The molecule has 0 unspecified atom stereocenters. The van der Waals surface area contributed by atoms with E-state index in [2.05, 4.69) is 43.9 Å². The quantitative estimate of drug-likeness (QED) is 0.839. The van der Waals surface area contributed by atoms with Crippen LogP contribution in [0.1, 0.15) is 49.4 Å². The van der Waals surface area contributed by atoms with Crippen LogP contribution in [0.25, 0.3) is 0 Å². The highest BCUT2D eigenvalue weighted by molar-refractivity contribution is 5.40. The van der Waals surface area contributed by atoms with Gasteiger partial charge in [0, 0.05) is 12.1 Å². The molecule has 0 saturated carbocycles. The normalized spacial score (nSPS) is 26.1. The molecule has 1 aliphatic carbocycles. The molecule has 0 radical (unpaired) electrons. The zero-order valence-electron chi connectivity index (χ0n) is 12.4. The molecule has 3 rings (SSSR count). The second kappa shape index (κ2) is 4.60. The molecule has 0 aromatic heterocycles. The maximum Gasteiger partial charge on any atom is 0.0359 e. The van der Waals surface area contributed by atoms with Crippen LogP contribution in [0.2, 0.25) is 0 Å². The first-order chi connectivity index (χ1) is 9.02. The minimum absolute atomic E-state index is 0.247. The Hall–Kier alpha value is -0.860. The summed E-state index contributed by atoms with van der Waals surface area (Å²) in [5.41, 5.74) is 11.2. The maximum atomic E-state index is 6.63. The monoisotopic (exact) mass is 258 g/mol. The molecule has 0 amide bonds. The standard InChI is InChI=1S/C17H26N2/c1-12(2)19-8-6-17(7-9-19)11-14-5-4-13(3)10-15(14)16(17)18/h4-5,10,12,16H,6-9,11,18H2,1-3H3/t16-/m0/s1. The lowest BCUT2D eigenvalue weighted by Gasteiger charge is -2.43. The number of aryl methyl sites for hydroxylation is 1. The van der Waals surface area contributed by atoms with Gasteiger partial charge < -0.3 is 10.6 Å². The summed E-state index contributed by atoms with van der Waals surface area (Å²) < 4.78 is 0. The number of rotatable bonds is 1. The molecular formula is C17H26N2. The highest BCUT2D eigenvalue weighted by atomic mass is 15.2. The Morgan fingerprint density at radius 3 is 2.58 bits per heavy atom. The van der Waals surface area contributed by atoms with Gasteiger partial charge in [-0.15, -0.1) is 0 Å². The van der Waals surface area contributed by atoms with E-state index in [0.717, 1.165) is 0 Å². The van der Waals surface area contributed by atoms with Gasteiger partial charge in [0.05, 0.1) is 0 Å². The molecule has 1 aliphatic heterocycles. The highest BCUT2D eigenvalue weighted by Gasteiger charge is 2.45.